The van der Waals surface area contributed by atoms with Crippen LogP contribution in [0.15, 0.2) is 54.7 Å². The molecule has 13 nitrogen and oxygen atoms in total. The number of aromatic nitrogens is 2. The Labute approximate surface area is 256 Å². The van der Waals surface area contributed by atoms with Crippen LogP contribution in [0.1, 0.15) is 0 Å². The van der Waals surface area contributed by atoms with E-state index in [1.807, 2.05) is 43.3 Å². The predicted octanol–water partition coefficient (Wildman–Crippen LogP) is 3.71. The van der Waals surface area contributed by atoms with Gasteiger partial charge in [-0.15, -0.1) is 0 Å². The Morgan fingerprint density at radius 2 is 1.59 bits per heavy atom. The number of anilines is 2. The van der Waals surface area contributed by atoms with Crippen LogP contribution in [-0.4, -0.2) is 95.2 Å². The van der Waals surface area contributed by atoms with Crippen molar-refractivity contribution >= 4 is 29.5 Å². The van der Waals surface area contributed by atoms with Gasteiger partial charge in [0.15, 0.2) is 11.5 Å². The summed E-state index contributed by atoms with van der Waals surface area (Å²) in [5.41, 5.74) is 7.70. The predicted molar refractivity (Wildman–Crippen MR) is 148 cm³/mol. The zero-order valence-electron chi connectivity index (χ0n) is 23.9. The maximum Gasteiger partial charge on any atom is 0.490 e. The number of nitrogens with zero attached hydrogens (tertiary/aromatic N) is 3. The number of hydrogen-bond donors (Lipinski definition) is 4. The third kappa shape index (κ3) is 12.0. The number of carboxylic acid groups (broad SMARTS) is 2. The van der Waals surface area contributed by atoms with Crippen molar-refractivity contribution < 1.29 is 65.1 Å². The Kier molecular flexibility index (Phi) is 12.9. The average molecular weight is 664 g/mol. The number of nitrogens with two attached hydrogens (primary N) is 1. The molecule has 1 atom stereocenters. The summed E-state index contributed by atoms with van der Waals surface area (Å²) in [7, 11) is 3.93. The summed E-state index contributed by atoms with van der Waals surface area (Å²) in [6, 6.07) is 14.5. The molecule has 1 amide bonds. The Morgan fingerprint density at radius 1 is 1.00 bits per heavy atom. The number of nitrogens with one attached hydrogen (secondary N) is 1. The van der Waals surface area contributed by atoms with Gasteiger partial charge >= 0.3 is 24.3 Å². The van der Waals surface area contributed by atoms with Crippen molar-refractivity contribution in [3.8, 4) is 28.5 Å². The van der Waals surface area contributed by atoms with Crippen molar-refractivity contribution in [2.24, 2.45) is 0 Å². The molecule has 0 spiro atoms. The number of aliphatic carboxylic acids is 2. The van der Waals surface area contributed by atoms with E-state index in [4.69, 9.17) is 39.7 Å². The number of likely N-dealkylation sites (N-methyl/N-ethyl adjacent to an activating group) is 1. The Morgan fingerprint density at radius 3 is 2.13 bits per heavy atom. The van der Waals surface area contributed by atoms with Crippen LogP contribution < -0.4 is 25.3 Å². The number of nitrogen functional groups attached to an aromatic ring is 1. The molecule has 46 heavy (non-hydrogen) atoms. The molecule has 5 N–H and O–H groups in total. The van der Waals surface area contributed by atoms with Crippen molar-refractivity contribution in [1.29, 1.82) is 0 Å². The van der Waals surface area contributed by atoms with Crippen molar-refractivity contribution in [2.45, 2.75) is 18.5 Å². The zero-order valence-corrected chi connectivity index (χ0v) is 23.9. The van der Waals surface area contributed by atoms with E-state index < -0.39 is 30.4 Å². The van der Waals surface area contributed by atoms with Crippen molar-refractivity contribution in [3.63, 3.8) is 0 Å². The van der Waals surface area contributed by atoms with Crippen LogP contribution in [0.5, 0.6) is 17.2 Å². The lowest BCUT2D eigenvalue weighted by molar-refractivity contribution is -0.193. The second-order valence-corrected chi connectivity index (χ2v) is 9.12. The third-order valence-corrected chi connectivity index (χ3v) is 5.29. The van der Waals surface area contributed by atoms with Gasteiger partial charge in [0, 0.05) is 18.3 Å². The lowest BCUT2D eigenvalue weighted by atomic mass is 10.1. The molecule has 1 aliphatic heterocycles. The summed E-state index contributed by atoms with van der Waals surface area (Å²) >= 11 is 0. The van der Waals surface area contributed by atoms with Gasteiger partial charge in [0.25, 0.3) is 5.91 Å². The van der Waals surface area contributed by atoms with Gasteiger partial charge in [-0.1, -0.05) is 18.2 Å². The minimum atomic E-state index is -5.08. The smallest absolute Gasteiger partial charge is 0.490 e. The van der Waals surface area contributed by atoms with Gasteiger partial charge in [0.2, 0.25) is 12.1 Å². The monoisotopic (exact) mass is 663 g/mol. The number of para-hydroxylation sites is 2. The van der Waals surface area contributed by atoms with Gasteiger partial charge in [0.1, 0.15) is 19.0 Å². The third-order valence-electron chi connectivity index (χ3n) is 5.29. The topological polar surface area (TPSA) is 186 Å². The molecule has 0 saturated carbocycles. The number of carbonyl (C=O) groups excluding carboxylic acids is 1. The first-order valence-corrected chi connectivity index (χ1v) is 12.7. The van der Waals surface area contributed by atoms with Crippen LogP contribution >= 0.6 is 0 Å². The van der Waals surface area contributed by atoms with Crippen LogP contribution in [0.25, 0.3) is 11.3 Å². The number of fused-ring (bicyclic) bond motifs is 1. The first kappa shape index (κ1) is 36.9. The number of rotatable bonds is 7. The van der Waals surface area contributed by atoms with Crippen LogP contribution in [0.2, 0.25) is 0 Å². The number of carbonyl (C=O) groups is 3. The van der Waals surface area contributed by atoms with Gasteiger partial charge in [0.05, 0.1) is 11.4 Å². The second-order valence-electron chi connectivity index (χ2n) is 9.12. The van der Waals surface area contributed by atoms with Gasteiger partial charge in [-0.05, 0) is 44.4 Å². The van der Waals surface area contributed by atoms with Gasteiger partial charge in [-0.3, -0.25) is 4.79 Å². The number of benzene rings is 2. The second kappa shape index (κ2) is 16.1. The molecular weight excluding hydrogens is 636 g/mol. The van der Waals surface area contributed by atoms with Gasteiger partial charge < -0.3 is 40.4 Å². The summed E-state index contributed by atoms with van der Waals surface area (Å²) in [4.78, 5) is 40.9. The fourth-order valence-electron chi connectivity index (χ4n) is 3.14. The van der Waals surface area contributed by atoms with Crippen LogP contribution in [0.3, 0.4) is 0 Å². The van der Waals surface area contributed by atoms with E-state index in [0.717, 1.165) is 5.56 Å². The molecule has 0 unspecified atom stereocenters. The average Bonchev–Trinajstić information content (AvgIpc) is 2.97. The summed E-state index contributed by atoms with van der Waals surface area (Å²) < 4.78 is 80.9. The molecule has 1 aromatic heterocycles. The molecule has 0 aliphatic carbocycles. The summed E-state index contributed by atoms with van der Waals surface area (Å²) in [5.74, 6) is -3.97. The number of ether oxygens (including phenoxy) is 3. The highest BCUT2D eigenvalue weighted by molar-refractivity contribution is 5.96. The molecule has 4 rings (SSSR count). The highest BCUT2D eigenvalue weighted by atomic mass is 19.4. The maximum atomic E-state index is 12.9. The number of alkyl halides is 6. The molecule has 0 bridgehead atoms. The van der Waals surface area contributed by atoms with Crippen molar-refractivity contribution in [1.82, 2.24) is 14.9 Å². The van der Waals surface area contributed by atoms with Crippen molar-refractivity contribution in [3.05, 3.63) is 54.7 Å². The maximum absolute atomic E-state index is 12.9. The van der Waals surface area contributed by atoms with E-state index in [0.29, 0.717) is 41.8 Å². The Hall–Kier alpha value is -5.33. The lowest BCUT2D eigenvalue weighted by Gasteiger charge is -2.26. The largest absolute Gasteiger partial charge is 0.490 e. The molecule has 2 heterocycles. The fraction of sp³-hybridized carbons (Fsp3) is 0.296. The van der Waals surface area contributed by atoms with E-state index in [9.17, 15) is 31.1 Å². The van der Waals surface area contributed by atoms with E-state index in [2.05, 4.69) is 15.3 Å². The minimum Gasteiger partial charge on any atom is -0.490 e. The molecule has 3 aromatic rings. The van der Waals surface area contributed by atoms with Crippen LogP contribution in [-0.2, 0) is 14.4 Å². The fourth-order valence-corrected chi connectivity index (χ4v) is 3.14. The summed E-state index contributed by atoms with van der Waals surface area (Å²) in [6.45, 7) is 1.29. The highest BCUT2D eigenvalue weighted by Crippen LogP contribution is 2.33. The van der Waals surface area contributed by atoms with Crippen LogP contribution in [0.4, 0.5) is 38.0 Å². The van der Waals surface area contributed by atoms with Crippen molar-refractivity contribution in [2.75, 3.05) is 44.9 Å². The lowest BCUT2D eigenvalue weighted by Crippen LogP contribution is -2.40. The van der Waals surface area contributed by atoms with E-state index in [1.54, 1.807) is 30.5 Å². The first-order valence-electron chi connectivity index (χ1n) is 12.7. The first-order chi connectivity index (χ1) is 21.4. The molecule has 2 aromatic carbocycles. The van der Waals surface area contributed by atoms with Gasteiger partial charge in [-0.2, -0.15) is 26.3 Å². The summed E-state index contributed by atoms with van der Waals surface area (Å²) in [5, 5.41) is 17.1. The molecular formula is C27H27F6N5O8. The highest BCUT2D eigenvalue weighted by Gasteiger charge is 2.39. The summed E-state index contributed by atoms with van der Waals surface area (Å²) in [6.07, 6.45) is -9.35. The molecule has 250 valence electrons. The number of hydrogen-bond acceptors (Lipinski definition) is 10. The Balaban J connectivity index is 0.000000440. The number of amides is 1. The van der Waals surface area contributed by atoms with E-state index >= 15 is 0 Å². The van der Waals surface area contributed by atoms with E-state index in [-0.39, 0.29) is 18.5 Å². The minimum absolute atomic E-state index is 0.123. The SMILES string of the molecule is CN(C)CCOc1cc(-c2ccnc(N)n2)ccc1NC(=O)[C@H]1COc2ccccc2O1.O=C(O)C(F)(F)F.O=C(O)C(F)(F)F. The molecule has 0 saturated heterocycles. The zero-order chi connectivity index (χ0) is 34.7. The molecule has 1 aliphatic rings. The number of halogens is 6. The van der Waals surface area contributed by atoms with Gasteiger partial charge in [-0.25, -0.2) is 19.6 Å². The normalized spacial score (nSPS) is 13.7. The molecule has 19 heteroatoms. The quantitative estimate of drug-likeness (QED) is 0.269. The standard InChI is InChI=1S/C23H25N5O4.2C2HF3O2/c1-28(2)11-12-30-20-13-15(16-9-10-25-23(24)27-16)7-8-17(20)26-22(29)21-14-31-18-5-3-4-6-19(18)32-21;2*3-2(4,5)1(6)7/h3-10,13,21H,11-12,14H2,1-2H3,(H,26,29)(H2,24,25,27);2*(H,6,7)/t21-;;/m1../s1. The molecule has 0 radical (unpaired) electrons. The molecule has 0 fully saturated rings. The number of carboxylic acids is 2. The van der Waals surface area contributed by atoms with Crippen LogP contribution in [0, 0.1) is 0 Å². The van der Waals surface area contributed by atoms with E-state index in [1.165, 1.54) is 0 Å². The Bertz CT molecular complexity index is 1480.